The first-order chi connectivity index (χ1) is 10.3. The molecule has 1 N–H and O–H groups in total. The highest BCUT2D eigenvalue weighted by atomic mass is 32.1. The van der Waals surface area contributed by atoms with Gasteiger partial charge in [0.25, 0.3) is 0 Å². The first-order valence-electron chi connectivity index (χ1n) is 7.92. The van der Waals surface area contributed by atoms with Crippen molar-refractivity contribution in [2.24, 2.45) is 5.92 Å². The van der Waals surface area contributed by atoms with Crippen molar-refractivity contribution in [2.45, 2.75) is 26.2 Å². The first kappa shape index (κ1) is 14.5. The van der Waals surface area contributed by atoms with Gasteiger partial charge in [0.05, 0.1) is 0 Å². The van der Waals surface area contributed by atoms with Gasteiger partial charge in [-0.2, -0.15) is 0 Å². The zero-order chi connectivity index (χ0) is 14.5. The molecule has 1 saturated heterocycles. The van der Waals surface area contributed by atoms with E-state index in [4.69, 9.17) is 0 Å². The normalized spacial score (nSPS) is 18.7. The number of rotatable bonds is 5. The Labute approximate surface area is 131 Å². The summed E-state index contributed by atoms with van der Waals surface area (Å²) in [6, 6.07) is 13.3. The van der Waals surface area contributed by atoms with E-state index in [1.807, 2.05) is 11.3 Å². The molecule has 2 heterocycles. The van der Waals surface area contributed by atoms with Crippen LogP contribution in [0.5, 0.6) is 0 Å². The lowest BCUT2D eigenvalue weighted by atomic mass is 10.00. The summed E-state index contributed by atoms with van der Waals surface area (Å²) in [5.41, 5.74) is 2.59. The number of hydrogen-bond acceptors (Lipinski definition) is 3. The third kappa shape index (κ3) is 4.01. The molecule has 0 amide bonds. The molecule has 1 aromatic heterocycles. The topological polar surface area (TPSA) is 15.3 Å². The summed E-state index contributed by atoms with van der Waals surface area (Å²) in [6.45, 7) is 5.76. The molecule has 112 valence electrons. The molecular formula is C18H24N2S. The highest BCUT2D eigenvalue weighted by molar-refractivity contribution is 7.09. The molecule has 2 nitrogen and oxygen atoms in total. The van der Waals surface area contributed by atoms with E-state index >= 15 is 0 Å². The molecule has 0 bridgehead atoms. The van der Waals surface area contributed by atoms with Gasteiger partial charge in [0.1, 0.15) is 0 Å². The van der Waals surface area contributed by atoms with Crippen molar-refractivity contribution in [3.63, 3.8) is 0 Å². The Morgan fingerprint density at radius 3 is 2.81 bits per heavy atom. The third-order valence-corrected chi connectivity index (χ3v) is 5.11. The fourth-order valence-electron chi connectivity index (χ4n) is 3.00. The van der Waals surface area contributed by atoms with Gasteiger partial charge in [-0.1, -0.05) is 13.0 Å². The molecule has 21 heavy (non-hydrogen) atoms. The Morgan fingerprint density at radius 2 is 2.10 bits per heavy atom. The van der Waals surface area contributed by atoms with Gasteiger partial charge in [-0.15, -0.1) is 11.3 Å². The Kier molecular flexibility index (Phi) is 4.81. The van der Waals surface area contributed by atoms with Crippen molar-refractivity contribution >= 4 is 22.7 Å². The predicted molar refractivity (Wildman–Crippen MR) is 93.6 cm³/mol. The molecule has 3 heteroatoms. The smallest absolute Gasteiger partial charge is 0.0367 e. The molecule has 2 aromatic rings. The lowest BCUT2D eigenvalue weighted by Gasteiger charge is -2.32. The maximum Gasteiger partial charge on any atom is 0.0367 e. The highest BCUT2D eigenvalue weighted by Crippen LogP contribution is 2.24. The van der Waals surface area contributed by atoms with Gasteiger partial charge in [0.15, 0.2) is 0 Å². The number of benzene rings is 1. The molecule has 1 aromatic carbocycles. The minimum absolute atomic E-state index is 0.822. The molecule has 3 rings (SSSR count). The molecule has 0 aliphatic carbocycles. The van der Waals surface area contributed by atoms with E-state index in [2.05, 4.69) is 58.9 Å². The van der Waals surface area contributed by atoms with E-state index in [1.54, 1.807) is 0 Å². The van der Waals surface area contributed by atoms with Crippen LogP contribution >= 0.6 is 11.3 Å². The lowest BCUT2D eigenvalue weighted by molar-refractivity contribution is 0.447. The van der Waals surface area contributed by atoms with E-state index in [9.17, 15) is 0 Å². The summed E-state index contributed by atoms with van der Waals surface area (Å²) < 4.78 is 0. The number of nitrogens with one attached hydrogen (secondary N) is 1. The van der Waals surface area contributed by atoms with Crippen molar-refractivity contribution in [3.8, 4) is 0 Å². The number of hydrogen-bond donors (Lipinski definition) is 1. The number of anilines is 2. The minimum atomic E-state index is 0.822. The van der Waals surface area contributed by atoms with Crippen LogP contribution in [0.1, 0.15) is 24.6 Å². The lowest BCUT2D eigenvalue weighted by Crippen LogP contribution is -2.34. The van der Waals surface area contributed by atoms with Crippen molar-refractivity contribution in [1.29, 1.82) is 0 Å². The number of thiophene rings is 1. The maximum absolute atomic E-state index is 3.51. The third-order valence-electron chi connectivity index (χ3n) is 4.17. The minimum Gasteiger partial charge on any atom is -0.385 e. The maximum atomic E-state index is 3.51. The zero-order valence-corrected chi connectivity index (χ0v) is 13.5. The van der Waals surface area contributed by atoms with Gasteiger partial charge < -0.3 is 10.2 Å². The van der Waals surface area contributed by atoms with E-state index in [1.165, 1.54) is 42.2 Å². The Hall–Kier alpha value is -1.48. The summed E-state index contributed by atoms with van der Waals surface area (Å²) in [4.78, 5) is 3.96. The highest BCUT2D eigenvalue weighted by Gasteiger charge is 2.16. The summed E-state index contributed by atoms with van der Waals surface area (Å²) in [6.07, 6.45) is 3.80. The van der Waals surface area contributed by atoms with E-state index < -0.39 is 0 Å². The molecule has 1 atom stereocenters. The van der Waals surface area contributed by atoms with E-state index in [-0.39, 0.29) is 0 Å². The van der Waals surface area contributed by atoms with Crippen LogP contribution in [0.4, 0.5) is 11.4 Å². The van der Waals surface area contributed by atoms with Gasteiger partial charge in [-0.3, -0.25) is 0 Å². The van der Waals surface area contributed by atoms with Gasteiger partial charge in [0, 0.05) is 35.9 Å². The molecule has 1 aliphatic rings. The monoisotopic (exact) mass is 300 g/mol. The van der Waals surface area contributed by atoms with Crippen LogP contribution in [0.3, 0.4) is 0 Å². The average Bonchev–Trinajstić information content (AvgIpc) is 3.01. The Bertz CT molecular complexity index is 533. The average molecular weight is 300 g/mol. The molecule has 0 saturated carbocycles. The molecular weight excluding hydrogens is 276 g/mol. The summed E-state index contributed by atoms with van der Waals surface area (Å²) in [5, 5.41) is 5.65. The molecule has 1 fully saturated rings. The van der Waals surface area contributed by atoms with Crippen LogP contribution in [-0.4, -0.2) is 19.6 Å². The summed E-state index contributed by atoms with van der Waals surface area (Å²) in [5.74, 6) is 0.822. The largest absolute Gasteiger partial charge is 0.385 e. The van der Waals surface area contributed by atoms with Crippen LogP contribution in [0.15, 0.2) is 41.8 Å². The predicted octanol–water partition coefficient (Wildman–Crippen LogP) is 4.64. The van der Waals surface area contributed by atoms with Crippen molar-refractivity contribution in [2.75, 3.05) is 29.9 Å². The van der Waals surface area contributed by atoms with Crippen molar-refractivity contribution in [1.82, 2.24) is 0 Å². The van der Waals surface area contributed by atoms with Crippen LogP contribution < -0.4 is 10.2 Å². The fraction of sp³-hybridized carbons (Fsp3) is 0.444. The molecule has 1 unspecified atom stereocenters. The van der Waals surface area contributed by atoms with Crippen LogP contribution in [0.25, 0.3) is 0 Å². The number of piperidine rings is 1. The Morgan fingerprint density at radius 1 is 1.24 bits per heavy atom. The second-order valence-corrected chi connectivity index (χ2v) is 7.03. The molecule has 0 radical (unpaired) electrons. The van der Waals surface area contributed by atoms with E-state index in [0.717, 1.165) is 18.9 Å². The van der Waals surface area contributed by atoms with E-state index in [0.29, 0.717) is 0 Å². The molecule has 0 spiro atoms. The summed E-state index contributed by atoms with van der Waals surface area (Å²) in [7, 11) is 0. The standard InChI is InChI=1S/C18H24N2S/c1-15-4-2-12-20(14-15)17-8-6-16(7-9-17)19-11-10-18-5-3-13-21-18/h3,5-9,13,15,19H,2,4,10-12,14H2,1H3. The van der Waals surface area contributed by atoms with Gasteiger partial charge in [-0.05, 0) is 60.9 Å². The second-order valence-electron chi connectivity index (χ2n) is 6.00. The van der Waals surface area contributed by atoms with Crippen LogP contribution in [0, 0.1) is 5.92 Å². The van der Waals surface area contributed by atoms with Gasteiger partial charge in [-0.25, -0.2) is 0 Å². The quantitative estimate of drug-likeness (QED) is 0.865. The zero-order valence-electron chi connectivity index (χ0n) is 12.7. The second kappa shape index (κ2) is 6.99. The Balaban J connectivity index is 1.51. The van der Waals surface area contributed by atoms with Crippen LogP contribution in [0.2, 0.25) is 0 Å². The van der Waals surface area contributed by atoms with Crippen LogP contribution in [-0.2, 0) is 6.42 Å². The van der Waals surface area contributed by atoms with Gasteiger partial charge >= 0.3 is 0 Å². The summed E-state index contributed by atoms with van der Waals surface area (Å²) >= 11 is 1.83. The first-order valence-corrected chi connectivity index (χ1v) is 8.80. The SMILES string of the molecule is CC1CCCN(c2ccc(NCCc3cccs3)cc2)C1. The fourth-order valence-corrected chi connectivity index (χ4v) is 3.71. The van der Waals surface area contributed by atoms with Crippen molar-refractivity contribution in [3.05, 3.63) is 46.7 Å². The van der Waals surface area contributed by atoms with Gasteiger partial charge in [0.2, 0.25) is 0 Å². The molecule has 1 aliphatic heterocycles. The van der Waals surface area contributed by atoms with Crippen molar-refractivity contribution < 1.29 is 0 Å². The number of nitrogens with zero attached hydrogens (tertiary/aromatic N) is 1.